The summed E-state index contributed by atoms with van der Waals surface area (Å²) < 4.78 is 30.8. The summed E-state index contributed by atoms with van der Waals surface area (Å²) in [6.45, 7) is 3.20. The Balaban J connectivity index is 1.78. The number of hydrogen-bond acceptors (Lipinski definition) is 4. The van der Waals surface area contributed by atoms with E-state index in [1.165, 1.54) is 6.07 Å². The largest absolute Gasteiger partial charge is 0.480 e. The average molecular weight is 529 g/mol. The number of carboxylic acids is 1. The molecular weight excluding hydrogens is 490 g/mol. The second kappa shape index (κ2) is 11.8. The zero-order valence-electron chi connectivity index (χ0n) is 22.3. The minimum Gasteiger partial charge on any atom is -0.480 e. The molecule has 8 heteroatoms. The normalized spacial score (nSPS) is 24.5. The van der Waals surface area contributed by atoms with Crippen LogP contribution in [0.2, 0.25) is 0 Å². The molecule has 2 aliphatic rings. The Kier molecular flexibility index (Phi) is 8.71. The summed E-state index contributed by atoms with van der Waals surface area (Å²) in [5.74, 6) is -1.70. The van der Waals surface area contributed by atoms with Crippen LogP contribution in [-0.4, -0.2) is 40.6 Å². The van der Waals surface area contributed by atoms with Gasteiger partial charge in [0.15, 0.2) is 0 Å². The molecule has 1 aliphatic carbocycles. The zero-order chi connectivity index (χ0) is 27.4. The number of aliphatic carboxylic acids is 1. The molecule has 1 saturated carbocycles. The molecule has 2 aromatic carbocycles. The van der Waals surface area contributed by atoms with E-state index in [4.69, 9.17) is 4.74 Å². The van der Waals surface area contributed by atoms with Gasteiger partial charge in [-0.2, -0.15) is 8.78 Å². The Hall–Kier alpha value is -3.00. The van der Waals surface area contributed by atoms with Gasteiger partial charge in [-0.05, 0) is 29.9 Å². The number of alkyl halides is 2. The highest BCUT2D eigenvalue weighted by atomic mass is 19.3. The van der Waals surface area contributed by atoms with Crippen LogP contribution in [0.4, 0.5) is 8.78 Å². The van der Waals surface area contributed by atoms with Gasteiger partial charge in [-0.15, -0.1) is 0 Å². The molecule has 0 bridgehead atoms. The first-order valence-electron chi connectivity index (χ1n) is 13.5. The van der Waals surface area contributed by atoms with Crippen LogP contribution in [0.1, 0.15) is 70.0 Å². The topological polar surface area (TPSA) is 78.9 Å². The van der Waals surface area contributed by atoms with Crippen LogP contribution in [0, 0.1) is 17.3 Å². The fourth-order valence-electron chi connectivity index (χ4n) is 6.38. The number of carbonyl (C=O) groups excluding carboxylic acids is 1. The number of ether oxygens (including phenoxy) is 1. The monoisotopic (exact) mass is 528 g/mol. The van der Waals surface area contributed by atoms with E-state index in [1.807, 2.05) is 51.1 Å². The first kappa shape index (κ1) is 28.0. The first-order chi connectivity index (χ1) is 18.1. The number of carbonyl (C=O) groups is 2. The molecule has 0 aromatic heterocycles. The van der Waals surface area contributed by atoms with E-state index in [9.17, 15) is 23.5 Å². The van der Waals surface area contributed by atoms with E-state index in [-0.39, 0.29) is 24.1 Å². The molecule has 1 heterocycles. The first-order valence-corrected chi connectivity index (χ1v) is 13.5. The van der Waals surface area contributed by atoms with Crippen LogP contribution >= 0.6 is 0 Å². The Morgan fingerprint density at radius 2 is 1.66 bits per heavy atom. The van der Waals surface area contributed by atoms with Gasteiger partial charge in [0.2, 0.25) is 5.91 Å². The summed E-state index contributed by atoms with van der Waals surface area (Å²) in [4.78, 5) is 28.6. The summed E-state index contributed by atoms with van der Waals surface area (Å²) in [5, 5.41) is 14.1. The number of carboxylic acid groups (broad SMARTS) is 1. The highest BCUT2D eigenvalue weighted by Crippen LogP contribution is 2.49. The lowest BCUT2D eigenvalue weighted by atomic mass is 9.72. The van der Waals surface area contributed by atoms with Crippen LogP contribution in [0.3, 0.4) is 0 Å². The van der Waals surface area contributed by atoms with E-state index in [0.29, 0.717) is 5.56 Å². The third-order valence-electron chi connectivity index (χ3n) is 7.99. The molecule has 4 rings (SSSR count). The van der Waals surface area contributed by atoms with Crippen molar-refractivity contribution >= 4 is 11.9 Å². The quantitative estimate of drug-likeness (QED) is 0.438. The van der Waals surface area contributed by atoms with Gasteiger partial charge in [0, 0.05) is 30.0 Å². The van der Waals surface area contributed by atoms with Crippen molar-refractivity contribution in [1.82, 2.24) is 10.2 Å². The highest BCUT2D eigenvalue weighted by molar-refractivity contribution is 5.87. The molecule has 4 unspecified atom stereocenters. The number of para-hydroxylation sites is 1. The van der Waals surface area contributed by atoms with Gasteiger partial charge in [0.1, 0.15) is 11.8 Å². The standard InChI is InChI=1S/C30H38F2N2O4/c1-30(2,3)23-24(33-18-21-16-10-11-17-22(21)38-29(31)32)25(19-12-6-4-7-13-19)34(26(23)28(36)37)27(35)20-14-8-5-9-15-20/h4,6-7,10-13,16-17,20,23-26,29,33H,5,8-9,14-15,18H2,1-3H3,(H,36,37). The summed E-state index contributed by atoms with van der Waals surface area (Å²) in [7, 11) is 0. The van der Waals surface area contributed by atoms with E-state index in [2.05, 4.69) is 5.32 Å². The molecule has 2 aromatic rings. The number of hydrogen-bond donors (Lipinski definition) is 2. The van der Waals surface area contributed by atoms with Crippen molar-refractivity contribution in [2.45, 2.75) is 84.2 Å². The summed E-state index contributed by atoms with van der Waals surface area (Å²) in [5.41, 5.74) is 0.911. The Bertz CT molecular complexity index is 1100. The van der Waals surface area contributed by atoms with E-state index in [1.54, 1.807) is 23.1 Å². The zero-order valence-corrected chi connectivity index (χ0v) is 22.3. The maximum Gasteiger partial charge on any atom is 0.387 e. The van der Waals surface area contributed by atoms with Gasteiger partial charge in [0.25, 0.3) is 0 Å². The Morgan fingerprint density at radius 3 is 2.26 bits per heavy atom. The van der Waals surface area contributed by atoms with E-state index >= 15 is 0 Å². The molecule has 2 N–H and O–H groups in total. The fraction of sp³-hybridized carbons (Fsp3) is 0.533. The number of amides is 1. The lowest BCUT2D eigenvalue weighted by Gasteiger charge is -2.36. The Labute approximate surface area is 223 Å². The van der Waals surface area contributed by atoms with Crippen molar-refractivity contribution in [3.63, 3.8) is 0 Å². The second-order valence-electron chi connectivity index (χ2n) is 11.5. The van der Waals surface area contributed by atoms with Gasteiger partial charge in [-0.25, -0.2) is 4.79 Å². The van der Waals surface area contributed by atoms with Crippen LogP contribution in [0.25, 0.3) is 0 Å². The minimum atomic E-state index is -2.96. The van der Waals surface area contributed by atoms with Gasteiger partial charge in [-0.1, -0.05) is 88.6 Å². The minimum absolute atomic E-state index is 0.0708. The third kappa shape index (κ3) is 6.01. The van der Waals surface area contributed by atoms with Gasteiger partial charge < -0.3 is 20.1 Å². The lowest BCUT2D eigenvalue weighted by molar-refractivity contribution is -0.154. The summed E-state index contributed by atoms with van der Waals surface area (Å²) >= 11 is 0. The predicted octanol–water partition coefficient (Wildman–Crippen LogP) is 6.03. The van der Waals surface area contributed by atoms with Gasteiger partial charge >= 0.3 is 12.6 Å². The fourth-order valence-corrected chi connectivity index (χ4v) is 6.38. The van der Waals surface area contributed by atoms with Crippen LogP contribution in [0.15, 0.2) is 54.6 Å². The molecule has 0 spiro atoms. The van der Waals surface area contributed by atoms with Crippen LogP contribution in [0.5, 0.6) is 5.75 Å². The molecule has 1 saturated heterocycles. The van der Waals surface area contributed by atoms with Crippen LogP contribution < -0.4 is 10.1 Å². The van der Waals surface area contributed by atoms with Crippen molar-refractivity contribution in [2.24, 2.45) is 17.3 Å². The smallest absolute Gasteiger partial charge is 0.387 e. The molecule has 1 aliphatic heterocycles. The summed E-state index contributed by atoms with van der Waals surface area (Å²) in [6.07, 6.45) is 4.54. The van der Waals surface area contributed by atoms with Crippen molar-refractivity contribution in [1.29, 1.82) is 0 Å². The number of likely N-dealkylation sites (tertiary alicyclic amines) is 1. The highest BCUT2D eigenvalue weighted by Gasteiger charge is 2.58. The number of nitrogens with zero attached hydrogens (tertiary/aromatic N) is 1. The van der Waals surface area contributed by atoms with Crippen molar-refractivity contribution in [3.8, 4) is 5.75 Å². The predicted molar refractivity (Wildman–Crippen MR) is 141 cm³/mol. The van der Waals surface area contributed by atoms with Gasteiger partial charge in [0.05, 0.1) is 6.04 Å². The van der Waals surface area contributed by atoms with Crippen LogP contribution in [-0.2, 0) is 16.1 Å². The molecular formula is C30H38F2N2O4. The van der Waals surface area contributed by atoms with E-state index < -0.39 is 42.0 Å². The number of rotatable bonds is 8. The molecule has 4 atom stereocenters. The number of nitrogens with one attached hydrogen (secondary N) is 1. The Morgan fingerprint density at radius 1 is 1.03 bits per heavy atom. The third-order valence-corrected chi connectivity index (χ3v) is 7.99. The van der Waals surface area contributed by atoms with Gasteiger partial charge in [-0.3, -0.25) is 4.79 Å². The molecule has 0 radical (unpaired) electrons. The van der Waals surface area contributed by atoms with Crippen molar-refractivity contribution in [2.75, 3.05) is 0 Å². The SMILES string of the molecule is CC(C)(C)C1C(NCc2ccccc2OC(F)F)C(c2ccccc2)N(C(=O)C2CCCCC2)C1C(=O)O. The average Bonchev–Trinajstić information content (AvgIpc) is 3.24. The molecule has 1 amide bonds. The number of halogens is 2. The summed E-state index contributed by atoms with van der Waals surface area (Å²) in [6, 6.07) is 14.1. The molecule has 38 heavy (non-hydrogen) atoms. The second-order valence-corrected chi connectivity index (χ2v) is 11.5. The van der Waals surface area contributed by atoms with Crippen molar-refractivity contribution < 1.29 is 28.2 Å². The van der Waals surface area contributed by atoms with Crippen molar-refractivity contribution in [3.05, 3.63) is 65.7 Å². The van der Waals surface area contributed by atoms with E-state index in [0.717, 1.165) is 37.7 Å². The lowest BCUT2D eigenvalue weighted by Crippen LogP contribution is -2.49. The number of benzene rings is 2. The molecule has 206 valence electrons. The maximum atomic E-state index is 14.1. The molecule has 6 nitrogen and oxygen atoms in total. The molecule has 2 fully saturated rings. The maximum absolute atomic E-state index is 14.1.